The molecule has 1 aliphatic carbocycles. The van der Waals surface area contributed by atoms with Crippen LogP contribution in [0.2, 0.25) is 0 Å². The summed E-state index contributed by atoms with van der Waals surface area (Å²) in [6, 6.07) is 0.266. The van der Waals surface area contributed by atoms with Gasteiger partial charge in [-0.25, -0.2) is 0 Å². The molecule has 0 heterocycles. The van der Waals surface area contributed by atoms with Crippen molar-refractivity contribution in [2.75, 3.05) is 7.11 Å². The topological polar surface area (TPSA) is 35.2 Å². The van der Waals surface area contributed by atoms with Gasteiger partial charge in [0.05, 0.1) is 6.10 Å². The highest BCUT2D eigenvalue weighted by molar-refractivity contribution is 4.83. The van der Waals surface area contributed by atoms with Gasteiger partial charge in [-0.05, 0) is 37.5 Å². The van der Waals surface area contributed by atoms with Gasteiger partial charge in [0.1, 0.15) is 0 Å². The second-order valence-electron chi connectivity index (χ2n) is 4.75. The SMILES string of the molecule is COC1CCC(CC(C)C)CC1N. The molecule has 3 atom stereocenters. The van der Waals surface area contributed by atoms with Crippen LogP contribution in [0.3, 0.4) is 0 Å². The summed E-state index contributed by atoms with van der Waals surface area (Å²) < 4.78 is 5.33. The van der Waals surface area contributed by atoms with E-state index in [0.29, 0.717) is 6.10 Å². The van der Waals surface area contributed by atoms with Gasteiger partial charge in [-0.2, -0.15) is 0 Å². The van der Waals surface area contributed by atoms with Gasteiger partial charge in [-0.3, -0.25) is 0 Å². The summed E-state index contributed by atoms with van der Waals surface area (Å²) in [6.45, 7) is 4.57. The summed E-state index contributed by atoms with van der Waals surface area (Å²) >= 11 is 0. The third kappa shape index (κ3) is 3.28. The standard InChI is InChI=1S/C11H23NO/c1-8(2)6-9-4-5-11(13-3)10(12)7-9/h8-11H,4-7,12H2,1-3H3. The largest absolute Gasteiger partial charge is 0.380 e. The van der Waals surface area contributed by atoms with E-state index in [-0.39, 0.29) is 6.04 Å². The molecule has 0 amide bonds. The Morgan fingerprint density at radius 1 is 1.38 bits per heavy atom. The minimum atomic E-state index is 0.266. The molecular weight excluding hydrogens is 162 g/mol. The first-order valence-electron chi connectivity index (χ1n) is 5.41. The minimum Gasteiger partial charge on any atom is -0.380 e. The molecule has 3 unspecified atom stereocenters. The smallest absolute Gasteiger partial charge is 0.0722 e. The van der Waals surface area contributed by atoms with Crippen LogP contribution in [0.5, 0.6) is 0 Å². The average Bonchev–Trinajstić information content (AvgIpc) is 2.03. The number of nitrogens with two attached hydrogens (primary N) is 1. The summed E-state index contributed by atoms with van der Waals surface area (Å²) in [7, 11) is 1.77. The zero-order valence-electron chi connectivity index (χ0n) is 9.12. The van der Waals surface area contributed by atoms with Crippen molar-refractivity contribution >= 4 is 0 Å². The molecule has 0 aromatic heterocycles. The van der Waals surface area contributed by atoms with E-state index in [1.807, 2.05) is 0 Å². The van der Waals surface area contributed by atoms with Crippen molar-refractivity contribution < 1.29 is 4.74 Å². The third-order valence-electron chi connectivity index (χ3n) is 3.05. The summed E-state index contributed by atoms with van der Waals surface area (Å²) in [5.41, 5.74) is 6.03. The quantitative estimate of drug-likeness (QED) is 0.731. The van der Waals surface area contributed by atoms with E-state index >= 15 is 0 Å². The van der Waals surface area contributed by atoms with Crippen LogP contribution in [-0.2, 0) is 4.74 Å². The number of ether oxygens (including phenoxy) is 1. The van der Waals surface area contributed by atoms with E-state index in [2.05, 4.69) is 13.8 Å². The maximum absolute atomic E-state index is 6.03. The van der Waals surface area contributed by atoms with E-state index in [1.54, 1.807) is 7.11 Å². The molecule has 2 heteroatoms. The highest BCUT2D eigenvalue weighted by atomic mass is 16.5. The summed E-state index contributed by atoms with van der Waals surface area (Å²) in [4.78, 5) is 0. The average molecular weight is 185 g/mol. The van der Waals surface area contributed by atoms with Gasteiger partial charge in [0, 0.05) is 13.2 Å². The number of hydrogen-bond donors (Lipinski definition) is 1. The molecule has 0 aromatic carbocycles. The molecule has 1 aliphatic rings. The van der Waals surface area contributed by atoms with Crippen LogP contribution in [0.4, 0.5) is 0 Å². The van der Waals surface area contributed by atoms with Crippen LogP contribution in [-0.4, -0.2) is 19.3 Å². The van der Waals surface area contributed by atoms with Gasteiger partial charge in [0.15, 0.2) is 0 Å². The van der Waals surface area contributed by atoms with Gasteiger partial charge in [-0.15, -0.1) is 0 Å². The van der Waals surface area contributed by atoms with Crippen molar-refractivity contribution in [2.45, 2.75) is 51.7 Å². The van der Waals surface area contributed by atoms with E-state index in [9.17, 15) is 0 Å². The van der Waals surface area contributed by atoms with Crippen LogP contribution >= 0.6 is 0 Å². The molecule has 1 fully saturated rings. The predicted molar refractivity (Wildman–Crippen MR) is 55.6 cm³/mol. The third-order valence-corrected chi connectivity index (χ3v) is 3.05. The van der Waals surface area contributed by atoms with Crippen molar-refractivity contribution in [3.63, 3.8) is 0 Å². The van der Waals surface area contributed by atoms with Crippen LogP contribution in [0.25, 0.3) is 0 Å². The van der Waals surface area contributed by atoms with Crippen molar-refractivity contribution in [2.24, 2.45) is 17.6 Å². The molecule has 0 aromatic rings. The molecule has 13 heavy (non-hydrogen) atoms. The van der Waals surface area contributed by atoms with Crippen LogP contribution in [0.15, 0.2) is 0 Å². The first-order chi connectivity index (χ1) is 6.13. The Hall–Kier alpha value is -0.0800. The maximum atomic E-state index is 6.03. The van der Waals surface area contributed by atoms with Crippen molar-refractivity contribution in [1.82, 2.24) is 0 Å². The fourth-order valence-corrected chi connectivity index (χ4v) is 2.44. The number of hydrogen-bond acceptors (Lipinski definition) is 2. The summed E-state index contributed by atoms with van der Waals surface area (Å²) in [5.74, 6) is 1.64. The maximum Gasteiger partial charge on any atom is 0.0722 e. The molecule has 0 radical (unpaired) electrons. The number of rotatable bonds is 3. The fraction of sp³-hybridized carbons (Fsp3) is 1.00. The van der Waals surface area contributed by atoms with E-state index in [4.69, 9.17) is 10.5 Å². The predicted octanol–water partition coefficient (Wildman–Crippen LogP) is 2.17. The lowest BCUT2D eigenvalue weighted by atomic mass is 9.80. The lowest BCUT2D eigenvalue weighted by Crippen LogP contribution is -2.41. The zero-order chi connectivity index (χ0) is 9.84. The Morgan fingerprint density at radius 2 is 2.08 bits per heavy atom. The Kier molecular flexibility index (Phi) is 4.20. The Balaban J connectivity index is 2.32. The highest BCUT2D eigenvalue weighted by Gasteiger charge is 2.27. The zero-order valence-corrected chi connectivity index (χ0v) is 9.12. The van der Waals surface area contributed by atoms with Crippen LogP contribution in [0, 0.1) is 11.8 Å². The molecule has 2 N–H and O–H groups in total. The van der Waals surface area contributed by atoms with Crippen LogP contribution < -0.4 is 5.73 Å². The Bertz CT molecular complexity index is 147. The van der Waals surface area contributed by atoms with E-state index in [1.165, 1.54) is 12.8 Å². The lowest BCUT2D eigenvalue weighted by molar-refractivity contribution is 0.0367. The van der Waals surface area contributed by atoms with Crippen LogP contribution in [0.1, 0.15) is 39.5 Å². The lowest BCUT2D eigenvalue weighted by Gasteiger charge is -2.33. The molecule has 78 valence electrons. The Morgan fingerprint density at radius 3 is 2.54 bits per heavy atom. The molecular formula is C11H23NO. The summed E-state index contributed by atoms with van der Waals surface area (Å²) in [6.07, 6.45) is 5.23. The van der Waals surface area contributed by atoms with Crippen molar-refractivity contribution in [1.29, 1.82) is 0 Å². The highest BCUT2D eigenvalue weighted by Crippen LogP contribution is 2.29. The van der Waals surface area contributed by atoms with Crippen molar-refractivity contribution in [3.05, 3.63) is 0 Å². The second kappa shape index (κ2) is 4.97. The molecule has 0 spiro atoms. The molecule has 1 saturated carbocycles. The molecule has 0 aliphatic heterocycles. The molecule has 1 rings (SSSR count). The van der Waals surface area contributed by atoms with Gasteiger partial charge in [0.2, 0.25) is 0 Å². The van der Waals surface area contributed by atoms with Gasteiger partial charge >= 0.3 is 0 Å². The second-order valence-corrected chi connectivity index (χ2v) is 4.75. The normalized spacial score (nSPS) is 35.3. The van der Waals surface area contributed by atoms with Gasteiger partial charge < -0.3 is 10.5 Å². The summed E-state index contributed by atoms with van der Waals surface area (Å²) in [5, 5.41) is 0. The molecule has 0 saturated heterocycles. The van der Waals surface area contributed by atoms with Gasteiger partial charge in [0.25, 0.3) is 0 Å². The fourth-order valence-electron chi connectivity index (χ4n) is 2.44. The molecule has 2 nitrogen and oxygen atoms in total. The first kappa shape index (κ1) is 11.0. The Labute approximate surface area is 81.8 Å². The van der Waals surface area contributed by atoms with Gasteiger partial charge in [-0.1, -0.05) is 13.8 Å². The number of methoxy groups -OCH3 is 1. The van der Waals surface area contributed by atoms with E-state index < -0.39 is 0 Å². The molecule has 0 bridgehead atoms. The first-order valence-corrected chi connectivity index (χ1v) is 5.41. The monoisotopic (exact) mass is 185 g/mol. The minimum absolute atomic E-state index is 0.266. The van der Waals surface area contributed by atoms with Crippen molar-refractivity contribution in [3.8, 4) is 0 Å². The van der Waals surface area contributed by atoms with E-state index in [0.717, 1.165) is 24.7 Å².